The molecule has 0 fully saturated rings. The zero-order valence-corrected chi connectivity index (χ0v) is 16.5. The van der Waals surface area contributed by atoms with Crippen molar-refractivity contribution >= 4 is 17.7 Å². The lowest BCUT2D eigenvalue weighted by Crippen LogP contribution is -2.09. The molecule has 0 aliphatic rings. The van der Waals surface area contributed by atoms with E-state index in [0.717, 1.165) is 5.56 Å². The molecule has 8 heteroatoms. The average Bonchev–Trinajstić information content (AvgIpc) is 2.74. The van der Waals surface area contributed by atoms with Crippen LogP contribution in [-0.4, -0.2) is 35.3 Å². The van der Waals surface area contributed by atoms with Crippen molar-refractivity contribution in [3.63, 3.8) is 0 Å². The molecule has 0 atom stereocenters. The first-order valence-corrected chi connectivity index (χ1v) is 8.89. The van der Waals surface area contributed by atoms with Gasteiger partial charge in [0.05, 0.1) is 19.8 Å². The van der Waals surface area contributed by atoms with Crippen LogP contribution in [0.15, 0.2) is 42.6 Å². The van der Waals surface area contributed by atoms with Gasteiger partial charge in [-0.15, -0.1) is 0 Å². The van der Waals surface area contributed by atoms with Gasteiger partial charge in [-0.2, -0.15) is 4.98 Å². The lowest BCUT2D eigenvalue weighted by atomic mass is 9.96. The SMILES string of the molecule is COc1c(C(=O)O)cc(Cc2cnc(N)nc2N)c(C#Cc2ccccc2)c1OC. The largest absolute Gasteiger partial charge is 0.492 e. The van der Waals surface area contributed by atoms with E-state index in [2.05, 4.69) is 21.8 Å². The van der Waals surface area contributed by atoms with Gasteiger partial charge in [0.1, 0.15) is 11.4 Å². The Hall–Kier alpha value is -4.25. The van der Waals surface area contributed by atoms with Gasteiger partial charge in [0.15, 0.2) is 11.5 Å². The van der Waals surface area contributed by atoms with Crippen LogP contribution < -0.4 is 20.9 Å². The molecular weight excluding hydrogens is 384 g/mol. The number of aromatic carboxylic acids is 1. The van der Waals surface area contributed by atoms with Crippen molar-refractivity contribution in [1.29, 1.82) is 0 Å². The van der Waals surface area contributed by atoms with E-state index in [1.54, 1.807) is 0 Å². The molecule has 0 bridgehead atoms. The summed E-state index contributed by atoms with van der Waals surface area (Å²) in [6.07, 6.45) is 1.73. The molecule has 2 aromatic carbocycles. The van der Waals surface area contributed by atoms with Gasteiger partial charge < -0.3 is 26.0 Å². The maximum absolute atomic E-state index is 11.8. The van der Waals surface area contributed by atoms with E-state index in [9.17, 15) is 9.90 Å². The van der Waals surface area contributed by atoms with Crippen LogP contribution >= 0.6 is 0 Å². The summed E-state index contributed by atoms with van der Waals surface area (Å²) in [6.45, 7) is 0. The highest BCUT2D eigenvalue weighted by molar-refractivity contribution is 5.93. The molecule has 8 nitrogen and oxygen atoms in total. The zero-order chi connectivity index (χ0) is 21.7. The van der Waals surface area contributed by atoms with Crippen LogP contribution in [0.25, 0.3) is 0 Å². The van der Waals surface area contributed by atoms with Gasteiger partial charge in [-0.3, -0.25) is 0 Å². The summed E-state index contributed by atoms with van der Waals surface area (Å²) in [5.74, 6) is 5.58. The Morgan fingerprint density at radius 1 is 1.07 bits per heavy atom. The van der Waals surface area contributed by atoms with Crippen LogP contribution in [0.1, 0.15) is 32.6 Å². The molecule has 0 aliphatic carbocycles. The second-order valence-corrected chi connectivity index (χ2v) is 6.26. The lowest BCUT2D eigenvalue weighted by molar-refractivity contribution is 0.0692. The van der Waals surface area contributed by atoms with Crippen LogP contribution in [0.5, 0.6) is 11.5 Å². The summed E-state index contributed by atoms with van der Waals surface area (Å²) >= 11 is 0. The number of carboxylic acid groups (broad SMARTS) is 1. The Labute approximate surface area is 173 Å². The molecule has 0 radical (unpaired) electrons. The first-order chi connectivity index (χ1) is 14.4. The molecule has 5 N–H and O–H groups in total. The number of methoxy groups -OCH3 is 2. The maximum atomic E-state index is 11.8. The van der Waals surface area contributed by atoms with Crippen LogP contribution in [0.4, 0.5) is 11.8 Å². The van der Waals surface area contributed by atoms with Gasteiger partial charge in [0, 0.05) is 23.7 Å². The molecule has 30 heavy (non-hydrogen) atoms. The Kier molecular flexibility index (Phi) is 6.03. The van der Waals surface area contributed by atoms with E-state index in [1.807, 2.05) is 30.3 Å². The number of ether oxygens (including phenoxy) is 2. The molecule has 1 aromatic heterocycles. The third-order valence-corrected chi connectivity index (χ3v) is 4.36. The first-order valence-electron chi connectivity index (χ1n) is 8.89. The van der Waals surface area contributed by atoms with Gasteiger partial charge in [-0.25, -0.2) is 9.78 Å². The molecule has 1 heterocycles. The van der Waals surface area contributed by atoms with Crippen LogP contribution in [0.2, 0.25) is 0 Å². The van der Waals surface area contributed by atoms with E-state index in [4.69, 9.17) is 20.9 Å². The summed E-state index contributed by atoms with van der Waals surface area (Å²) < 4.78 is 10.8. The van der Waals surface area contributed by atoms with Gasteiger partial charge >= 0.3 is 5.97 Å². The molecule has 0 spiro atoms. The standard InChI is InChI=1S/C22H20N4O4/c1-29-18-16(9-8-13-6-4-3-5-7-13)14(11-17(21(27)28)19(18)30-2)10-15-12-25-22(24)26-20(15)23/h3-7,11-12H,10H2,1-2H3,(H,27,28)(H4,23,24,25,26). The number of nitrogens with zero attached hydrogens (tertiary/aromatic N) is 2. The molecule has 0 saturated carbocycles. The monoisotopic (exact) mass is 404 g/mol. The van der Waals surface area contributed by atoms with Crippen molar-refractivity contribution in [2.75, 3.05) is 25.7 Å². The van der Waals surface area contributed by atoms with E-state index >= 15 is 0 Å². The number of anilines is 2. The Morgan fingerprint density at radius 3 is 2.37 bits per heavy atom. The van der Waals surface area contributed by atoms with Crippen LogP contribution in [0, 0.1) is 11.8 Å². The van der Waals surface area contributed by atoms with Crippen molar-refractivity contribution in [3.05, 3.63) is 70.4 Å². The molecule has 0 unspecified atom stereocenters. The highest BCUT2D eigenvalue weighted by Crippen LogP contribution is 2.38. The number of hydrogen-bond donors (Lipinski definition) is 3. The number of rotatable bonds is 5. The highest BCUT2D eigenvalue weighted by Gasteiger charge is 2.23. The quantitative estimate of drug-likeness (QED) is 0.552. The summed E-state index contributed by atoms with van der Waals surface area (Å²) in [6, 6.07) is 10.9. The first kappa shape index (κ1) is 20.5. The summed E-state index contributed by atoms with van der Waals surface area (Å²) in [5.41, 5.74) is 13.9. The van der Waals surface area contributed by atoms with Crippen LogP contribution in [-0.2, 0) is 6.42 Å². The van der Waals surface area contributed by atoms with Crippen molar-refractivity contribution in [2.45, 2.75) is 6.42 Å². The lowest BCUT2D eigenvalue weighted by Gasteiger charge is -2.16. The average molecular weight is 404 g/mol. The normalized spacial score (nSPS) is 10.1. The molecule has 0 saturated heterocycles. The summed E-state index contributed by atoms with van der Waals surface area (Å²) in [5, 5.41) is 9.66. The number of nitrogen functional groups attached to an aromatic ring is 2. The van der Waals surface area contributed by atoms with Crippen molar-refractivity contribution < 1.29 is 19.4 Å². The third kappa shape index (κ3) is 4.25. The smallest absolute Gasteiger partial charge is 0.339 e. The molecule has 3 aromatic rings. The summed E-state index contributed by atoms with van der Waals surface area (Å²) in [7, 11) is 2.81. The minimum atomic E-state index is -1.16. The van der Waals surface area contributed by atoms with Crippen molar-refractivity contribution in [3.8, 4) is 23.3 Å². The molecule has 0 amide bonds. The second kappa shape index (κ2) is 8.84. The number of nitrogens with two attached hydrogens (primary N) is 2. The molecular formula is C22H20N4O4. The fourth-order valence-corrected chi connectivity index (χ4v) is 2.96. The van der Waals surface area contributed by atoms with E-state index in [0.29, 0.717) is 16.7 Å². The minimum Gasteiger partial charge on any atom is -0.492 e. The maximum Gasteiger partial charge on any atom is 0.339 e. The predicted octanol–water partition coefficient (Wildman–Crippen LogP) is 2.35. The summed E-state index contributed by atoms with van der Waals surface area (Å²) in [4.78, 5) is 19.8. The van der Waals surface area contributed by atoms with Crippen molar-refractivity contribution in [2.24, 2.45) is 0 Å². The Morgan fingerprint density at radius 2 is 1.77 bits per heavy atom. The van der Waals surface area contributed by atoms with Gasteiger partial charge in [-0.1, -0.05) is 30.0 Å². The number of hydrogen-bond acceptors (Lipinski definition) is 7. The molecule has 0 aliphatic heterocycles. The zero-order valence-electron chi connectivity index (χ0n) is 16.5. The fraction of sp³-hybridized carbons (Fsp3) is 0.136. The van der Waals surface area contributed by atoms with E-state index in [-0.39, 0.29) is 35.2 Å². The third-order valence-electron chi connectivity index (χ3n) is 4.36. The predicted molar refractivity (Wildman–Crippen MR) is 113 cm³/mol. The molecule has 152 valence electrons. The van der Waals surface area contributed by atoms with Crippen molar-refractivity contribution in [1.82, 2.24) is 9.97 Å². The highest BCUT2D eigenvalue weighted by atomic mass is 16.5. The van der Waals surface area contributed by atoms with E-state index in [1.165, 1.54) is 26.5 Å². The van der Waals surface area contributed by atoms with E-state index < -0.39 is 5.97 Å². The van der Waals surface area contributed by atoms with Gasteiger partial charge in [-0.05, 0) is 23.8 Å². The number of carboxylic acids is 1. The number of carbonyl (C=O) groups is 1. The minimum absolute atomic E-state index is 0.0513. The number of aromatic nitrogens is 2. The van der Waals surface area contributed by atoms with Gasteiger partial charge in [0.25, 0.3) is 0 Å². The topological polar surface area (TPSA) is 134 Å². The fourth-order valence-electron chi connectivity index (χ4n) is 2.96. The Bertz CT molecular complexity index is 1150. The van der Waals surface area contributed by atoms with Crippen LogP contribution in [0.3, 0.4) is 0 Å². The Balaban J connectivity index is 2.23. The number of benzene rings is 2. The second-order valence-electron chi connectivity index (χ2n) is 6.26. The van der Waals surface area contributed by atoms with Gasteiger partial charge in [0.2, 0.25) is 5.95 Å². The molecule has 3 rings (SSSR count).